The lowest BCUT2D eigenvalue weighted by molar-refractivity contribution is -0.145. The maximum atomic E-state index is 13.0. The van der Waals surface area contributed by atoms with Gasteiger partial charge in [-0.05, 0) is 33.3 Å². The first-order valence-corrected chi connectivity index (χ1v) is 8.74. The lowest BCUT2D eigenvalue weighted by Gasteiger charge is -2.26. The van der Waals surface area contributed by atoms with Crippen LogP contribution < -0.4 is 5.32 Å². The third-order valence-corrected chi connectivity index (χ3v) is 4.93. The molecule has 0 saturated carbocycles. The summed E-state index contributed by atoms with van der Waals surface area (Å²) in [7, 11) is 0. The molecule has 1 aromatic heterocycles. The summed E-state index contributed by atoms with van der Waals surface area (Å²) in [5.74, 6) is -1.44. The van der Waals surface area contributed by atoms with Gasteiger partial charge in [0.1, 0.15) is 5.03 Å². The molecule has 0 bridgehead atoms. The molecule has 1 aromatic carbocycles. The number of para-hydroxylation sites is 1. The lowest BCUT2D eigenvalue weighted by atomic mass is 10.0. The summed E-state index contributed by atoms with van der Waals surface area (Å²) in [6, 6.07) is 6.47. The van der Waals surface area contributed by atoms with E-state index in [2.05, 4.69) is 15.3 Å². The minimum Gasteiger partial charge on any atom is -0.350 e. The summed E-state index contributed by atoms with van der Waals surface area (Å²) in [5.41, 5.74) is -0.176. The summed E-state index contributed by atoms with van der Waals surface area (Å²) in [6.07, 6.45) is -3.90. The number of carbonyl (C=O) groups excluding carboxylic acids is 1. The quantitative estimate of drug-likeness (QED) is 0.624. The molecule has 0 saturated heterocycles. The Morgan fingerprint density at radius 3 is 2.48 bits per heavy atom. The second-order valence-electron chi connectivity index (χ2n) is 6.35. The van der Waals surface area contributed by atoms with Crippen LogP contribution in [0, 0.1) is 0 Å². The molecule has 0 aliphatic rings. The maximum absolute atomic E-state index is 13.0. The van der Waals surface area contributed by atoms with Gasteiger partial charge >= 0.3 is 6.18 Å². The number of alkyl halides is 3. The number of fused-ring (bicyclic) bond motifs is 1. The Balaban J connectivity index is 2.35. The highest BCUT2D eigenvalue weighted by molar-refractivity contribution is 8.00. The molecule has 2 rings (SSSR count). The Labute approximate surface area is 148 Å². The summed E-state index contributed by atoms with van der Waals surface area (Å²) < 4.78 is 39.1. The molecular formula is C17H20F3N3OS. The second kappa shape index (κ2) is 7.19. The zero-order chi connectivity index (χ0) is 18.8. The highest BCUT2D eigenvalue weighted by Crippen LogP contribution is 2.33. The van der Waals surface area contributed by atoms with E-state index in [1.807, 2.05) is 20.8 Å². The summed E-state index contributed by atoms with van der Waals surface area (Å²) in [5, 5.41) is 2.94. The van der Waals surface area contributed by atoms with E-state index in [0.717, 1.165) is 18.2 Å². The van der Waals surface area contributed by atoms with E-state index in [-0.39, 0.29) is 22.0 Å². The summed E-state index contributed by atoms with van der Waals surface area (Å²) in [4.78, 5) is 19.6. The van der Waals surface area contributed by atoms with Crippen LogP contribution in [0.5, 0.6) is 0 Å². The number of thioether (sulfide) groups is 1. The van der Waals surface area contributed by atoms with Crippen LogP contribution in [0.3, 0.4) is 0 Å². The van der Waals surface area contributed by atoms with Crippen LogP contribution in [0.1, 0.15) is 39.9 Å². The van der Waals surface area contributed by atoms with Gasteiger partial charge in [-0.15, -0.1) is 0 Å². The van der Waals surface area contributed by atoms with E-state index >= 15 is 0 Å². The van der Waals surface area contributed by atoms with E-state index in [4.69, 9.17) is 0 Å². The molecule has 4 nitrogen and oxygen atoms in total. The Kier molecular flexibility index (Phi) is 5.61. The van der Waals surface area contributed by atoms with E-state index in [1.165, 1.54) is 6.07 Å². The Bertz CT molecular complexity index is 777. The Morgan fingerprint density at radius 1 is 1.24 bits per heavy atom. The van der Waals surface area contributed by atoms with Gasteiger partial charge in [0.05, 0.1) is 10.8 Å². The number of carbonyl (C=O) groups is 1. The van der Waals surface area contributed by atoms with Gasteiger partial charge in [0.25, 0.3) is 0 Å². The standard InChI is InChI=1S/C17H20F3N3OS/c1-5-16(3,4)23-13(24)10(2)25-14-11-8-6-7-9-12(11)21-15(22-14)17(18,19)20/h6-10H,5H2,1-4H3,(H,23,24). The van der Waals surface area contributed by atoms with Gasteiger partial charge in [-0.25, -0.2) is 9.97 Å². The summed E-state index contributed by atoms with van der Waals surface area (Å²) in [6.45, 7) is 7.38. The van der Waals surface area contributed by atoms with Crippen molar-refractivity contribution >= 4 is 28.6 Å². The molecule has 0 spiro atoms. The molecule has 136 valence electrons. The minimum absolute atomic E-state index is 0.148. The van der Waals surface area contributed by atoms with Crippen molar-refractivity contribution in [3.8, 4) is 0 Å². The largest absolute Gasteiger partial charge is 0.451 e. The molecule has 1 atom stereocenters. The fraction of sp³-hybridized carbons (Fsp3) is 0.471. The Morgan fingerprint density at radius 2 is 1.88 bits per heavy atom. The van der Waals surface area contributed by atoms with Crippen molar-refractivity contribution in [3.63, 3.8) is 0 Å². The topological polar surface area (TPSA) is 54.9 Å². The first-order valence-electron chi connectivity index (χ1n) is 7.86. The maximum Gasteiger partial charge on any atom is 0.451 e. The fourth-order valence-electron chi connectivity index (χ4n) is 2.01. The zero-order valence-electron chi connectivity index (χ0n) is 14.4. The number of rotatable bonds is 5. The monoisotopic (exact) mass is 371 g/mol. The molecule has 0 radical (unpaired) electrons. The Hall–Kier alpha value is -1.83. The zero-order valence-corrected chi connectivity index (χ0v) is 15.3. The third-order valence-electron chi connectivity index (χ3n) is 3.82. The van der Waals surface area contributed by atoms with Crippen LogP contribution in [0.25, 0.3) is 10.9 Å². The molecule has 0 aliphatic carbocycles. The van der Waals surface area contributed by atoms with Crippen LogP contribution in [-0.2, 0) is 11.0 Å². The second-order valence-corrected chi connectivity index (χ2v) is 7.68. The number of nitrogens with zero attached hydrogens (tertiary/aromatic N) is 2. The number of halogens is 3. The molecule has 1 amide bonds. The molecule has 0 aliphatic heterocycles. The van der Waals surface area contributed by atoms with Crippen molar-refractivity contribution in [2.24, 2.45) is 0 Å². The SMILES string of the molecule is CCC(C)(C)NC(=O)C(C)Sc1nc(C(F)(F)F)nc2ccccc12. The number of hydrogen-bond acceptors (Lipinski definition) is 4. The molecule has 1 N–H and O–H groups in total. The average molecular weight is 371 g/mol. The van der Waals surface area contributed by atoms with Crippen LogP contribution in [0.2, 0.25) is 0 Å². The van der Waals surface area contributed by atoms with Crippen LogP contribution in [0.15, 0.2) is 29.3 Å². The molecule has 25 heavy (non-hydrogen) atoms. The summed E-state index contributed by atoms with van der Waals surface area (Å²) >= 11 is 0.999. The number of hydrogen-bond donors (Lipinski definition) is 1. The highest BCUT2D eigenvalue weighted by atomic mass is 32.2. The van der Waals surface area contributed by atoms with E-state index < -0.39 is 17.3 Å². The van der Waals surface area contributed by atoms with E-state index in [0.29, 0.717) is 5.39 Å². The van der Waals surface area contributed by atoms with E-state index in [9.17, 15) is 18.0 Å². The number of benzene rings is 1. The van der Waals surface area contributed by atoms with Crippen molar-refractivity contribution < 1.29 is 18.0 Å². The van der Waals surface area contributed by atoms with Crippen molar-refractivity contribution in [3.05, 3.63) is 30.1 Å². The third kappa shape index (κ3) is 4.84. The van der Waals surface area contributed by atoms with Gasteiger partial charge in [-0.3, -0.25) is 4.79 Å². The van der Waals surface area contributed by atoms with Crippen LogP contribution in [0.4, 0.5) is 13.2 Å². The van der Waals surface area contributed by atoms with Gasteiger partial charge in [-0.2, -0.15) is 13.2 Å². The molecule has 0 fully saturated rings. The predicted molar refractivity (Wildman–Crippen MR) is 92.4 cm³/mol. The smallest absolute Gasteiger partial charge is 0.350 e. The van der Waals surface area contributed by atoms with Crippen molar-refractivity contribution in [2.45, 2.75) is 56.1 Å². The van der Waals surface area contributed by atoms with E-state index in [1.54, 1.807) is 25.1 Å². The van der Waals surface area contributed by atoms with Crippen molar-refractivity contribution in [1.82, 2.24) is 15.3 Å². The minimum atomic E-state index is -4.64. The normalized spacial score (nSPS) is 13.7. The molecule has 1 unspecified atom stereocenters. The van der Waals surface area contributed by atoms with Gasteiger partial charge < -0.3 is 5.32 Å². The van der Waals surface area contributed by atoms with Crippen LogP contribution in [-0.4, -0.2) is 26.7 Å². The van der Waals surface area contributed by atoms with Gasteiger partial charge in [0.2, 0.25) is 11.7 Å². The van der Waals surface area contributed by atoms with Crippen LogP contribution >= 0.6 is 11.8 Å². The average Bonchev–Trinajstić information content (AvgIpc) is 2.53. The first kappa shape index (κ1) is 19.5. The predicted octanol–water partition coefficient (Wildman–Crippen LogP) is 4.43. The molecule has 2 aromatic rings. The molecule has 8 heteroatoms. The molecular weight excluding hydrogens is 351 g/mol. The number of amides is 1. The molecule has 1 heterocycles. The fourth-order valence-corrected chi connectivity index (χ4v) is 2.95. The van der Waals surface area contributed by atoms with Gasteiger partial charge in [0, 0.05) is 10.9 Å². The highest BCUT2D eigenvalue weighted by Gasteiger charge is 2.36. The van der Waals surface area contributed by atoms with Gasteiger partial charge in [0.15, 0.2) is 0 Å². The van der Waals surface area contributed by atoms with Crippen molar-refractivity contribution in [1.29, 1.82) is 0 Å². The first-order chi connectivity index (χ1) is 11.5. The van der Waals surface area contributed by atoms with Crippen molar-refractivity contribution in [2.75, 3.05) is 0 Å². The number of aromatic nitrogens is 2. The lowest BCUT2D eigenvalue weighted by Crippen LogP contribution is -2.46. The number of nitrogens with one attached hydrogen (secondary N) is 1. The van der Waals surface area contributed by atoms with Gasteiger partial charge in [-0.1, -0.05) is 36.9 Å².